The maximum atomic E-state index is 13.2. The lowest BCUT2D eigenvalue weighted by molar-refractivity contribution is 0.509. The molecule has 5 heteroatoms. The summed E-state index contributed by atoms with van der Waals surface area (Å²) in [5, 5.41) is 4.44. The molecule has 0 aliphatic carbocycles. The molecule has 1 N–H and O–H groups in total. The lowest BCUT2D eigenvalue weighted by atomic mass is 10.0. The maximum absolute atomic E-state index is 13.2. The molecule has 0 fully saturated rings. The average Bonchev–Trinajstić information content (AvgIpc) is 2.48. The van der Waals surface area contributed by atoms with Crippen LogP contribution in [0.1, 0.15) is 23.6 Å². The summed E-state index contributed by atoms with van der Waals surface area (Å²) in [5.41, 5.74) is 2.22. The van der Waals surface area contributed by atoms with Crippen LogP contribution in [0.3, 0.4) is 0 Å². The van der Waals surface area contributed by atoms with Crippen LogP contribution in [0, 0.1) is 5.82 Å². The van der Waals surface area contributed by atoms with E-state index in [0.29, 0.717) is 6.54 Å². The molecule has 0 saturated carbocycles. The number of halogens is 3. The van der Waals surface area contributed by atoms with E-state index in [2.05, 4.69) is 11.4 Å². The predicted molar refractivity (Wildman–Crippen MR) is 87.8 cm³/mol. The molecule has 1 unspecified atom stereocenters. The molecule has 0 bridgehead atoms. The second-order valence-electron chi connectivity index (χ2n) is 5.00. The highest BCUT2D eigenvalue weighted by molar-refractivity contribution is 7.99. The second-order valence-corrected chi connectivity index (χ2v) is 6.98. The smallest absolute Gasteiger partial charge is 0.141 e. The molecular formula is C16H14Cl2FNS. The van der Waals surface area contributed by atoms with E-state index < -0.39 is 0 Å². The van der Waals surface area contributed by atoms with Crippen molar-refractivity contribution < 1.29 is 4.39 Å². The van der Waals surface area contributed by atoms with Gasteiger partial charge in [-0.15, -0.1) is 11.8 Å². The molecular weight excluding hydrogens is 328 g/mol. The summed E-state index contributed by atoms with van der Waals surface area (Å²) >= 11 is 13.8. The Morgan fingerprint density at radius 3 is 2.86 bits per heavy atom. The van der Waals surface area contributed by atoms with Crippen molar-refractivity contribution in [3.05, 3.63) is 63.4 Å². The zero-order chi connectivity index (χ0) is 14.8. The quantitative estimate of drug-likeness (QED) is 0.795. The van der Waals surface area contributed by atoms with E-state index in [1.54, 1.807) is 12.1 Å². The summed E-state index contributed by atoms with van der Waals surface area (Å²) in [6, 6.07) is 11.1. The fourth-order valence-electron chi connectivity index (χ4n) is 2.47. The minimum atomic E-state index is -0.383. The van der Waals surface area contributed by atoms with Gasteiger partial charge >= 0.3 is 0 Å². The molecule has 2 aromatic rings. The van der Waals surface area contributed by atoms with Crippen molar-refractivity contribution in [1.82, 2.24) is 5.32 Å². The molecule has 0 aromatic heterocycles. The van der Waals surface area contributed by atoms with Crippen LogP contribution in [-0.4, -0.2) is 5.75 Å². The SMILES string of the molecule is Fc1ccc(CNC2CCSc3ccc(Cl)cc32)cc1Cl. The number of hydrogen-bond donors (Lipinski definition) is 1. The van der Waals surface area contributed by atoms with Crippen LogP contribution in [0.25, 0.3) is 0 Å². The van der Waals surface area contributed by atoms with Crippen LogP contribution in [0.5, 0.6) is 0 Å². The van der Waals surface area contributed by atoms with Gasteiger partial charge in [0.05, 0.1) is 5.02 Å². The molecule has 3 rings (SSSR count). The van der Waals surface area contributed by atoms with Crippen molar-refractivity contribution >= 4 is 35.0 Å². The van der Waals surface area contributed by atoms with Crippen molar-refractivity contribution in [1.29, 1.82) is 0 Å². The maximum Gasteiger partial charge on any atom is 0.141 e. The number of nitrogens with one attached hydrogen (secondary N) is 1. The number of fused-ring (bicyclic) bond motifs is 1. The van der Waals surface area contributed by atoms with Gasteiger partial charge in [-0.25, -0.2) is 4.39 Å². The molecule has 1 aliphatic heterocycles. The lowest BCUT2D eigenvalue weighted by Crippen LogP contribution is -2.24. The Morgan fingerprint density at radius 2 is 2.05 bits per heavy atom. The molecule has 1 aliphatic rings. The zero-order valence-electron chi connectivity index (χ0n) is 11.2. The normalized spacial score (nSPS) is 17.6. The van der Waals surface area contributed by atoms with Crippen molar-refractivity contribution in [2.24, 2.45) is 0 Å². The standard InChI is InChI=1S/C16H14Cl2FNS/c17-11-2-4-16-12(8-11)15(5-6-21-16)20-9-10-1-3-14(19)13(18)7-10/h1-4,7-8,15,20H,5-6,9H2. The van der Waals surface area contributed by atoms with Gasteiger partial charge in [-0.05, 0) is 53.6 Å². The van der Waals surface area contributed by atoms with Crippen molar-refractivity contribution in [3.63, 3.8) is 0 Å². The van der Waals surface area contributed by atoms with Gasteiger partial charge in [0.25, 0.3) is 0 Å². The molecule has 1 heterocycles. The third-order valence-electron chi connectivity index (χ3n) is 3.55. The first-order valence-electron chi connectivity index (χ1n) is 6.73. The minimum absolute atomic E-state index is 0.164. The molecule has 0 saturated heterocycles. The third kappa shape index (κ3) is 3.54. The molecule has 0 radical (unpaired) electrons. The Morgan fingerprint density at radius 1 is 1.19 bits per heavy atom. The zero-order valence-corrected chi connectivity index (χ0v) is 13.5. The van der Waals surface area contributed by atoms with Gasteiger partial charge in [-0.3, -0.25) is 0 Å². The molecule has 1 atom stereocenters. The first-order valence-corrected chi connectivity index (χ1v) is 8.47. The Labute approximate surface area is 137 Å². The second kappa shape index (κ2) is 6.57. The topological polar surface area (TPSA) is 12.0 Å². The first-order chi connectivity index (χ1) is 10.1. The van der Waals surface area contributed by atoms with Crippen LogP contribution < -0.4 is 5.32 Å². The summed E-state index contributed by atoms with van der Waals surface area (Å²) in [6.45, 7) is 0.654. The van der Waals surface area contributed by atoms with E-state index in [0.717, 1.165) is 22.8 Å². The molecule has 110 valence electrons. The van der Waals surface area contributed by atoms with Gasteiger partial charge < -0.3 is 5.32 Å². The summed E-state index contributed by atoms with van der Waals surface area (Å²) in [4.78, 5) is 1.28. The summed E-state index contributed by atoms with van der Waals surface area (Å²) in [7, 11) is 0. The number of hydrogen-bond acceptors (Lipinski definition) is 2. The number of benzene rings is 2. The molecule has 1 nitrogen and oxygen atoms in total. The van der Waals surface area contributed by atoms with Crippen molar-refractivity contribution in [2.75, 3.05) is 5.75 Å². The Hall–Kier alpha value is -0.740. The molecule has 0 amide bonds. The summed E-state index contributed by atoms with van der Waals surface area (Å²) < 4.78 is 13.2. The van der Waals surface area contributed by atoms with Crippen LogP contribution in [0.2, 0.25) is 10.0 Å². The fraction of sp³-hybridized carbons (Fsp3) is 0.250. The van der Waals surface area contributed by atoms with E-state index in [4.69, 9.17) is 23.2 Å². The summed E-state index contributed by atoms with van der Waals surface area (Å²) in [5.74, 6) is 0.697. The van der Waals surface area contributed by atoms with Crippen LogP contribution >= 0.6 is 35.0 Å². The molecule has 0 spiro atoms. The van der Waals surface area contributed by atoms with E-state index in [9.17, 15) is 4.39 Å². The predicted octanol–water partition coefficient (Wildman–Crippen LogP) is 5.46. The van der Waals surface area contributed by atoms with Crippen molar-refractivity contribution in [3.8, 4) is 0 Å². The largest absolute Gasteiger partial charge is 0.306 e. The molecule has 21 heavy (non-hydrogen) atoms. The van der Waals surface area contributed by atoms with Crippen molar-refractivity contribution in [2.45, 2.75) is 23.9 Å². The fourth-order valence-corrected chi connectivity index (χ4v) is 3.96. The average molecular weight is 342 g/mol. The van der Waals surface area contributed by atoms with Gasteiger partial charge in [0.2, 0.25) is 0 Å². The molecule has 2 aromatic carbocycles. The van der Waals surface area contributed by atoms with E-state index in [-0.39, 0.29) is 16.9 Å². The minimum Gasteiger partial charge on any atom is -0.306 e. The Kier molecular flexibility index (Phi) is 4.75. The lowest BCUT2D eigenvalue weighted by Gasteiger charge is -2.26. The van der Waals surface area contributed by atoms with Gasteiger partial charge in [0.1, 0.15) is 5.82 Å². The van der Waals surface area contributed by atoms with Gasteiger partial charge in [0, 0.05) is 22.5 Å². The first kappa shape index (κ1) is 15.2. The monoisotopic (exact) mass is 341 g/mol. The van der Waals surface area contributed by atoms with E-state index in [1.165, 1.54) is 16.5 Å². The van der Waals surface area contributed by atoms with Crippen LogP contribution in [0.15, 0.2) is 41.3 Å². The van der Waals surface area contributed by atoms with Gasteiger partial charge in [-0.1, -0.05) is 29.3 Å². The third-order valence-corrected chi connectivity index (χ3v) is 5.20. The Balaban J connectivity index is 1.74. The van der Waals surface area contributed by atoms with Crippen LogP contribution in [0.4, 0.5) is 4.39 Å². The number of thioether (sulfide) groups is 1. The van der Waals surface area contributed by atoms with Gasteiger partial charge in [-0.2, -0.15) is 0 Å². The summed E-state index contributed by atoms with van der Waals surface area (Å²) in [6.07, 6.45) is 1.05. The highest BCUT2D eigenvalue weighted by atomic mass is 35.5. The highest BCUT2D eigenvalue weighted by Gasteiger charge is 2.20. The van der Waals surface area contributed by atoms with E-state index >= 15 is 0 Å². The van der Waals surface area contributed by atoms with E-state index in [1.807, 2.05) is 23.9 Å². The Bertz CT molecular complexity index is 663. The highest BCUT2D eigenvalue weighted by Crippen LogP contribution is 2.37. The van der Waals surface area contributed by atoms with Crippen LogP contribution in [-0.2, 0) is 6.54 Å². The number of rotatable bonds is 3. The van der Waals surface area contributed by atoms with Gasteiger partial charge in [0.15, 0.2) is 0 Å².